The molecule has 0 aliphatic carbocycles. The van der Waals surface area contributed by atoms with Crippen LogP contribution in [0.15, 0.2) is 12.5 Å². The number of carbonyl (C=O) groups excluding carboxylic acids is 3. The van der Waals surface area contributed by atoms with Crippen LogP contribution in [0.1, 0.15) is 45.2 Å². The van der Waals surface area contributed by atoms with Gasteiger partial charge >= 0.3 is 17.9 Å². The van der Waals surface area contributed by atoms with E-state index in [1.54, 1.807) is 13.8 Å². The van der Waals surface area contributed by atoms with Crippen molar-refractivity contribution < 1.29 is 44.1 Å². The van der Waals surface area contributed by atoms with Crippen molar-refractivity contribution in [3.63, 3.8) is 0 Å². The molecule has 1 heterocycles. The lowest BCUT2D eigenvalue weighted by Gasteiger charge is -2.26. The van der Waals surface area contributed by atoms with Gasteiger partial charge in [-0.3, -0.25) is 24.0 Å². The first-order valence-electron chi connectivity index (χ1n) is 11.2. The van der Waals surface area contributed by atoms with E-state index in [1.807, 2.05) is 0 Å². The van der Waals surface area contributed by atoms with Crippen LogP contribution >= 0.6 is 0 Å². The zero-order valence-corrected chi connectivity index (χ0v) is 19.9. The molecule has 0 saturated heterocycles. The fourth-order valence-corrected chi connectivity index (χ4v) is 3.13. The summed E-state index contributed by atoms with van der Waals surface area (Å²) in [4.78, 5) is 78.5. The number of carbonyl (C=O) groups is 6. The zero-order valence-electron chi connectivity index (χ0n) is 19.9. The second-order valence-corrected chi connectivity index (χ2v) is 8.25. The third-order valence-electron chi connectivity index (χ3n) is 5.40. The monoisotopic (exact) mass is 512 g/mol. The predicted molar refractivity (Wildman–Crippen MR) is 122 cm³/mol. The summed E-state index contributed by atoms with van der Waals surface area (Å²) < 4.78 is 0. The van der Waals surface area contributed by atoms with Crippen molar-refractivity contribution in [2.45, 2.75) is 70.1 Å². The molecule has 5 unspecified atom stereocenters. The Bertz CT molecular complexity index is 936. The third-order valence-corrected chi connectivity index (χ3v) is 5.40. The zero-order chi connectivity index (χ0) is 27.4. The molecule has 0 bridgehead atoms. The van der Waals surface area contributed by atoms with Crippen molar-refractivity contribution in [1.82, 2.24) is 25.9 Å². The number of carboxylic acids is 3. The molecule has 15 heteroatoms. The number of nitrogens with two attached hydrogens (primary N) is 1. The highest BCUT2D eigenvalue weighted by molar-refractivity contribution is 5.95. The molecule has 0 radical (unpaired) electrons. The molecule has 3 amide bonds. The number of imidazole rings is 1. The summed E-state index contributed by atoms with van der Waals surface area (Å²) in [5.74, 6) is -7.40. The van der Waals surface area contributed by atoms with Crippen LogP contribution in [0.4, 0.5) is 0 Å². The fraction of sp³-hybridized carbons (Fsp3) is 0.571. The summed E-state index contributed by atoms with van der Waals surface area (Å²) in [6.07, 6.45) is 1.42. The van der Waals surface area contributed by atoms with Gasteiger partial charge in [0.05, 0.1) is 18.8 Å². The summed E-state index contributed by atoms with van der Waals surface area (Å²) in [6.45, 7) is 3.31. The van der Waals surface area contributed by atoms with E-state index in [0.29, 0.717) is 12.1 Å². The lowest BCUT2D eigenvalue weighted by atomic mass is 9.98. The minimum Gasteiger partial charge on any atom is -0.481 e. The smallest absolute Gasteiger partial charge is 0.326 e. The second-order valence-electron chi connectivity index (χ2n) is 8.25. The van der Waals surface area contributed by atoms with Crippen LogP contribution in [0.2, 0.25) is 0 Å². The Morgan fingerprint density at radius 3 is 2.08 bits per heavy atom. The van der Waals surface area contributed by atoms with Crippen LogP contribution in [0.5, 0.6) is 0 Å². The van der Waals surface area contributed by atoms with E-state index in [1.165, 1.54) is 12.5 Å². The van der Waals surface area contributed by atoms with Gasteiger partial charge in [0.25, 0.3) is 0 Å². The van der Waals surface area contributed by atoms with Gasteiger partial charge in [-0.05, 0) is 12.3 Å². The summed E-state index contributed by atoms with van der Waals surface area (Å²) in [7, 11) is 0. The number of hydrogen-bond donors (Lipinski definition) is 8. The van der Waals surface area contributed by atoms with Gasteiger partial charge in [0.15, 0.2) is 0 Å². The van der Waals surface area contributed by atoms with Crippen LogP contribution < -0.4 is 21.7 Å². The SMILES string of the molecule is CCC(C)C(NC(=O)C(CCC(=O)O)NC(=O)C(CC(=O)O)NC(=O)C(N)Cc1cnc[nH]1)C(=O)O. The molecule has 9 N–H and O–H groups in total. The van der Waals surface area contributed by atoms with Gasteiger partial charge in [0.1, 0.15) is 18.1 Å². The minimum absolute atomic E-state index is 0.0169. The summed E-state index contributed by atoms with van der Waals surface area (Å²) in [5, 5.41) is 34.3. The van der Waals surface area contributed by atoms with Crippen LogP contribution in [0.3, 0.4) is 0 Å². The Balaban J connectivity index is 3.01. The second kappa shape index (κ2) is 14.4. The Morgan fingerprint density at radius 1 is 0.972 bits per heavy atom. The predicted octanol–water partition coefficient (Wildman–Crippen LogP) is -1.80. The Kier molecular flexibility index (Phi) is 12.0. The van der Waals surface area contributed by atoms with Gasteiger partial charge in [-0.15, -0.1) is 0 Å². The Morgan fingerprint density at radius 2 is 1.58 bits per heavy atom. The van der Waals surface area contributed by atoms with Gasteiger partial charge in [0, 0.05) is 24.7 Å². The fourth-order valence-electron chi connectivity index (χ4n) is 3.13. The highest BCUT2D eigenvalue weighted by Gasteiger charge is 2.33. The molecule has 0 aliphatic rings. The maximum atomic E-state index is 12.8. The van der Waals surface area contributed by atoms with E-state index >= 15 is 0 Å². The van der Waals surface area contributed by atoms with E-state index in [-0.39, 0.29) is 6.42 Å². The van der Waals surface area contributed by atoms with Gasteiger partial charge in [-0.2, -0.15) is 0 Å². The van der Waals surface area contributed by atoms with Crippen LogP contribution in [0.25, 0.3) is 0 Å². The normalized spacial score (nSPS) is 15.0. The Labute approximate surface area is 206 Å². The number of carboxylic acid groups (broad SMARTS) is 3. The topological polar surface area (TPSA) is 254 Å². The lowest BCUT2D eigenvalue weighted by Crippen LogP contribution is -2.58. The van der Waals surface area contributed by atoms with Crippen molar-refractivity contribution in [1.29, 1.82) is 0 Å². The molecule has 0 spiro atoms. The molecular weight excluding hydrogens is 480 g/mol. The van der Waals surface area contributed by atoms with E-state index in [0.717, 1.165) is 0 Å². The number of nitrogens with one attached hydrogen (secondary N) is 4. The number of H-pyrrole nitrogens is 1. The van der Waals surface area contributed by atoms with Crippen LogP contribution in [0, 0.1) is 5.92 Å². The third kappa shape index (κ3) is 10.1. The quantitative estimate of drug-likeness (QED) is 0.123. The summed E-state index contributed by atoms with van der Waals surface area (Å²) >= 11 is 0. The van der Waals surface area contributed by atoms with Gasteiger partial charge in [0.2, 0.25) is 17.7 Å². The molecule has 15 nitrogen and oxygen atoms in total. The van der Waals surface area contributed by atoms with Crippen molar-refractivity contribution >= 4 is 35.6 Å². The van der Waals surface area contributed by atoms with Gasteiger partial charge < -0.3 is 42.0 Å². The molecule has 0 fully saturated rings. The largest absolute Gasteiger partial charge is 0.481 e. The average Bonchev–Trinajstić information content (AvgIpc) is 3.31. The van der Waals surface area contributed by atoms with Crippen molar-refractivity contribution in [2.75, 3.05) is 0 Å². The number of aliphatic carboxylic acids is 3. The molecule has 200 valence electrons. The molecule has 1 aromatic rings. The number of aromatic amines is 1. The highest BCUT2D eigenvalue weighted by Crippen LogP contribution is 2.10. The number of nitrogens with zero attached hydrogens (tertiary/aromatic N) is 1. The maximum Gasteiger partial charge on any atom is 0.326 e. The van der Waals surface area contributed by atoms with Gasteiger partial charge in [-0.25, -0.2) is 9.78 Å². The summed E-state index contributed by atoms with van der Waals surface area (Å²) in [5.41, 5.74) is 6.34. The molecular formula is C21H32N6O9. The van der Waals surface area contributed by atoms with Crippen molar-refractivity contribution in [2.24, 2.45) is 11.7 Å². The highest BCUT2D eigenvalue weighted by atomic mass is 16.4. The Hall–Kier alpha value is -4.01. The number of aromatic nitrogens is 2. The van der Waals surface area contributed by atoms with E-state index < -0.39 is 85.0 Å². The standard InChI is InChI=1S/C21H32N6O9/c1-3-10(2)17(21(35)36)27-19(33)13(4-5-15(28)29)25-20(34)14(7-16(30)31)26-18(32)12(22)6-11-8-23-9-24-11/h8-10,12-14,17H,3-7,22H2,1-2H3,(H,23,24)(H,25,34)(H,26,32)(H,27,33)(H,28,29)(H,30,31)(H,35,36). The average molecular weight is 513 g/mol. The summed E-state index contributed by atoms with van der Waals surface area (Å²) in [6, 6.07) is -5.62. The maximum absolute atomic E-state index is 12.8. The molecule has 1 aromatic heterocycles. The van der Waals surface area contributed by atoms with Crippen molar-refractivity contribution in [3.05, 3.63) is 18.2 Å². The molecule has 36 heavy (non-hydrogen) atoms. The van der Waals surface area contributed by atoms with E-state index in [2.05, 4.69) is 25.9 Å². The van der Waals surface area contributed by atoms with Crippen molar-refractivity contribution in [3.8, 4) is 0 Å². The van der Waals surface area contributed by atoms with Gasteiger partial charge in [-0.1, -0.05) is 20.3 Å². The molecule has 5 atom stereocenters. The molecule has 0 aliphatic heterocycles. The lowest BCUT2D eigenvalue weighted by molar-refractivity contribution is -0.144. The molecule has 0 aromatic carbocycles. The number of amides is 3. The number of hydrogen-bond acceptors (Lipinski definition) is 8. The molecule has 0 saturated carbocycles. The first-order chi connectivity index (χ1) is 16.8. The van der Waals surface area contributed by atoms with Crippen LogP contribution in [-0.2, 0) is 35.2 Å². The van der Waals surface area contributed by atoms with E-state index in [4.69, 9.17) is 10.8 Å². The minimum atomic E-state index is -1.65. The first kappa shape index (κ1) is 30.0. The van der Waals surface area contributed by atoms with Crippen LogP contribution in [-0.4, -0.2) is 85.1 Å². The number of rotatable bonds is 16. The molecule has 1 rings (SSSR count). The first-order valence-corrected chi connectivity index (χ1v) is 11.2. The van der Waals surface area contributed by atoms with E-state index in [9.17, 15) is 39.0 Å².